The molecule has 4 rings (SSSR count). The second-order valence-electron chi connectivity index (χ2n) is 8.24. The molecular formula is C23H29FN4O. The molecule has 1 aromatic carbocycles. The van der Waals surface area contributed by atoms with Gasteiger partial charge in [0.25, 0.3) is 0 Å². The van der Waals surface area contributed by atoms with E-state index < -0.39 is 0 Å². The van der Waals surface area contributed by atoms with Crippen molar-refractivity contribution in [3.63, 3.8) is 0 Å². The maximum absolute atomic E-state index is 13.1. The van der Waals surface area contributed by atoms with Crippen LogP contribution >= 0.6 is 0 Å². The van der Waals surface area contributed by atoms with Gasteiger partial charge in [-0.2, -0.15) is 0 Å². The van der Waals surface area contributed by atoms with Crippen molar-refractivity contribution in [3.05, 3.63) is 42.5 Å². The lowest BCUT2D eigenvalue weighted by Crippen LogP contribution is -2.44. The average Bonchev–Trinajstić information content (AvgIpc) is 3.03. The van der Waals surface area contributed by atoms with Crippen LogP contribution in [0, 0.1) is 11.7 Å². The van der Waals surface area contributed by atoms with Crippen LogP contribution < -0.4 is 10.2 Å². The molecule has 0 spiro atoms. The van der Waals surface area contributed by atoms with Crippen LogP contribution in [0.2, 0.25) is 0 Å². The van der Waals surface area contributed by atoms with Gasteiger partial charge in [-0.05, 0) is 43.4 Å². The summed E-state index contributed by atoms with van der Waals surface area (Å²) >= 11 is 0. The number of hydrogen-bond donors (Lipinski definition) is 1. The van der Waals surface area contributed by atoms with E-state index in [4.69, 9.17) is 0 Å². The summed E-state index contributed by atoms with van der Waals surface area (Å²) < 4.78 is 13.1. The van der Waals surface area contributed by atoms with Crippen molar-refractivity contribution in [2.45, 2.75) is 57.4 Å². The molecule has 1 amide bonds. The molecule has 2 fully saturated rings. The molecule has 5 nitrogen and oxygen atoms in total. The van der Waals surface area contributed by atoms with Crippen LogP contribution in [0.3, 0.4) is 0 Å². The van der Waals surface area contributed by atoms with Crippen molar-refractivity contribution in [3.8, 4) is 11.1 Å². The van der Waals surface area contributed by atoms with Crippen molar-refractivity contribution in [2.75, 3.05) is 18.0 Å². The summed E-state index contributed by atoms with van der Waals surface area (Å²) in [5.41, 5.74) is 1.76. The maximum atomic E-state index is 13.1. The van der Waals surface area contributed by atoms with Gasteiger partial charge in [-0.3, -0.25) is 4.79 Å². The minimum absolute atomic E-state index is 0.0907. The summed E-state index contributed by atoms with van der Waals surface area (Å²) in [5, 5.41) is 3.30. The molecule has 1 aliphatic heterocycles. The van der Waals surface area contributed by atoms with Crippen molar-refractivity contribution in [1.29, 1.82) is 0 Å². The Morgan fingerprint density at radius 2 is 1.52 bits per heavy atom. The van der Waals surface area contributed by atoms with Gasteiger partial charge < -0.3 is 10.2 Å². The number of nitrogens with zero attached hydrogens (tertiary/aromatic N) is 3. The van der Waals surface area contributed by atoms with Crippen LogP contribution in [0.4, 0.5) is 10.3 Å². The van der Waals surface area contributed by atoms with E-state index in [-0.39, 0.29) is 17.6 Å². The third kappa shape index (κ3) is 5.11. The molecule has 29 heavy (non-hydrogen) atoms. The van der Waals surface area contributed by atoms with Crippen molar-refractivity contribution in [1.82, 2.24) is 15.3 Å². The molecule has 1 N–H and O–H groups in total. The van der Waals surface area contributed by atoms with E-state index in [2.05, 4.69) is 20.2 Å². The number of piperidine rings is 1. The highest BCUT2D eigenvalue weighted by molar-refractivity contribution is 5.79. The van der Waals surface area contributed by atoms with Crippen LogP contribution in [0.5, 0.6) is 0 Å². The highest BCUT2D eigenvalue weighted by Crippen LogP contribution is 2.24. The fourth-order valence-corrected chi connectivity index (χ4v) is 4.36. The van der Waals surface area contributed by atoms with Crippen molar-refractivity contribution < 1.29 is 9.18 Å². The molecule has 0 atom stereocenters. The Hall–Kier alpha value is -2.50. The second-order valence-corrected chi connectivity index (χ2v) is 8.24. The Kier molecular flexibility index (Phi) is 6.37. The Morgan fingerprint density at radius 3 is 2.14 bits per heavy atom. The number of carbonyl (C=O) groups excluding carboxylic acids is 1. The number of aromatic nitrogens is 2. The zero-order valence-corrected chi connectivity index (χ0v) is 16.8. The lowest BCUT2D eigenvalue weighted by atomic mass is 9.95. The average molecular weight is 397 g/mol. The Morgan fingerprint density at radius 1 is 0.897 bits per heavy atom. The lowest BCUT2D eigenvalue weighted by Gasteiger charge is -2.32. The molecule has 6 heteroatoms. The number of nitrogens with one attached hydrogen (secondary N) is 1. The molecule has 0 unspecified atom stereocenters. The van der Waals surface area contributed by atoms with Gasteiger partial charge in [-0.25, -0.2) is 14.4 Å². The monoisotopic (exact) mass is 396 g/mol. The van der Waals surface area contributed by atoms with Crippen LogP contribution in [-0.4, -0.2) is 35.0 Å². The first-order valence-corrected chi connectivity index (χ1v) is 10.8. The minimum atomic E-state index is -0.253. The van der Waals surface area contributed by atoms with Gasteiger partial charge in [0, 0.05) is 43.0 Å². The summed E-state index contributed by atoms with van der Waals surface area (Å²) in [5.74, 6) is 0.757. The van der Waals surface area contributed by atoms with Gasteiger partial charge in [0.2, 0.25) is 11.9 Å². The molecule has 2 aliphatic rings. The van der Waals surface area contributed by atoms with Crippen molar-refractivity contribution in [2.24, 2.45) is 5.92 Å². The first-order valence-electron chi connectivity index (χ1n) is 10.8. The van der Waals surface area contributed by atoms with E-state index in [1.165, 1.54) is 37.8 Å². The van der Waals surface area contributed by atoms with Gasteiger partial charge in [-0.15, -0.1) is 0 Å². The third-order valence-electron chi connectivity index (χ3n) is 6.17. The van der Waals surface area contributed by atoms with Gasteiger partial charge in [0.05, 0.1) is 0 Å². The number of carbonyl (C=O) groups is 1. The summed E-state index contributed by atoms with van der Waals surface area (Å²) in [7, 11) is 0. The number of amides is 1. The molecular weight excluding hydrogens is 367 g/mol. The van der Waals surface area contributed by atoms with Gasteiger partial charge in [-0.1, -0.05) is 37.8 Å². The number of benzene rings is 1. The van der Waals surface area contributed by atoms with E-state index in [0.29, 0.717) is 12.0 Å². The van der Waals surface area contributed by atoms with Crippen LogP contribution in [0.15, 0.2) is 36.7 Å². The lowest BCUT2D eigenvalue weighted by molar-refractivity contribution is -0.126. The molecule has 1 aliphatic carbocycles. The van der Waals surface area contributed by atoms with Gasteiger partial charge in [0.1, 0.15) is 5.82 Å². The first-order chi connectivity index (χ1) is 14.2. The fourth-order valence-electron chi connectivity index (χ4n) is 4.36. The van der Waals surface area contributed by atoms with E-state index in [1.807, 2.05) is 0 Å². The summed E-state index contributed by atoms with van der Waals surface area (Å²) in [6, 6.07) is 6.70. The summed E-state index contributed by atoms with van der Waals surface area (Å²) in [4.78, 5) is 23.8. The quantitative estimate of drug-likeness (QED) is 0.781. The Bertz CT molecular complexity index is 793. The fraction of sp³-hybridized carbons (Fsp3) is 0.522. The Labute approximate surface area is 171 Å². The van der Waals surface area contributed by atoms with Crippen LogP contribution in [0.1, 0.15) is 51.4 Å². The van der Waals surface area contributed by atoms with Crippen LogP contribution in [0.25, 0.3) is 11.1 Å². The Balaban J connectivity index is 1.30. The predicted octanol–water partition coefficient (Wildman–Crippen LogP) is 4.34. The van der Waals surface area contributed by atoms with E-state index in [1.54, 1.807) is 24.5 Å². The summed E-state index contributed by atoms with van der Waals surface area (Å²) in [6.45, 7) is 1.58. The topological polar surface area (TPSA) is 58.1 Å². The maximum Gasteiger partial charge on any atom is 0.225 e. The number of hydrogen-bond acceptors (Lipinski definition) is 4. The smallest absolute Gasteiger partial charge is 0.225 e. The number of halogens is 1. The normalized spacial score (nSPS) is 19.0. The van der Waals surface area contributed by atoms with E-state index >= 15 is 0 Å². The standard InChI is InChI=1S/C23H29FN4O/c24-20-9-7-17(8-10-20)19-15-25-23(26-16-19)28-13-11-18(12-14-28)22(29)27-21-5-3-1-2-4-6-21/h7-10,15-16,18,21H,1-6,11-14H2,(H,27,29). The minimum Gasteiger partial charge on any atom is -0.353 e. The molecule has 2 heterocycles. The molecule has 0 radical (unpaired) electrons. The molecule has 154 valence electrons. The SMILES string of the molecule is O=C(NC1CCCCCC1)C1CCN(c2ncc(-c3ccc(F)cc3)cn2)CC1. The molecule has 0 bridgehead atoms. The van der Waals surface area contributed by atoms with E-state index in [0.717, 1.165) is 49.9 Å². The third-order valence-corrected chi connectivity index (χ3v) is 6.17. The highest BCUT2D eigenvalue weighted by atomic mass is 19.1. The van der Waals surface area contributed by atoms with Crippen LogP contribution in [-0.2, 0) is 4.79 Å². The summed E-state index contributed by atoms with van der Waals surface area (Å²) in [6.07, 6.45) is 12.5. The number of rotatable bonds is 4. The zero-order valence-electron chi connectivity index (χ0n) is 16.8. The molecule has 2 aromatic rings. The van der Waals surface area contributed by atoms with Crippen molar-refractivity contribution >= 4 is 11.9 Å². The van der Waals surface area contributed by atoms with Gasteiger partial charge in [0.15, 0.2) is 0 Å². The van der Waals surface area contributed by atoms with E-state index in [9.17, 15) is 9.18 Å². The zero-order chi connectivity index (χ0) is 20.1. The largest absolute Gasteiger partial charge is 0.353 e. The molecule has 1 saturated heterocycles. The van der Waals surface area contributed by atoms with Gasteiger partial charge >= 0.3 is 0 Å². The highest BCUT2D eigenvalue weighted by Gasteiger charge is 2.27. The first kappa shape index (κ1) is 19.8. The predicted molar refractivity (Wildman–Crippen MR) is 112 cm³/mol. The molecule has 1 saturated carbocycles. The second kappa shape index (κ2) is 9.33. The molecule has 1 aromatic heterocycles. The number of anilines is 1.